The van der Waals surface area contributed by atoms with Crippen molar-refractivity contribution in [2.75, 3.05) is 18.6 Å². The number of nitrogens with one attached hydrogen (secondary N) is 2. The molecule has 0 unspecified atom stereocenters. The number of rotatable bonds is 8. The van der Waals surface area contributed by atoms with E-state index in [-0.39, 0.29) is 18.4 Å². The molecule has 3 N–H and O–H groups in total. The standard InChI is InChI=1S/C16H23BrN2O3S/c1-16(2,22)10-18-15(21)13(8-9-23-3)19-14(20)11-6-4-5-7-12(11)17/h4-7,13,22H,8-10H2,1-3H3,(H,18,21)(H,19,20)/t13-/m0/s1. The molecule has 0 radical (unpaired) electrons. The summed E-state index contributed by atoms with van der Waals surface area (Å²) in [5.74, 6) is 0.153. The molecule has 0 aliphatic heterocycles. The van der Waals surface area contributed by atoms with Crippen LogP contribution < -0.4 is 10.6 Å². The molecular formula is C16H23BrN2O3S. The van der Waals surface area contributed by atoms with Crippen LogP contribution in [0.15, 0.2) is 28.7 Å². The predicted molar refractivity (Wildman–Crippen MR) is 97.7 cm³/mol. The van der Waals surface area contributed by atoms with Gasteiger partial charge in [-0.05, 0) is 60.3 Å². The Morgan fingerprint density at radius 3 is 2.57 bits per heavy atom. The first-order chi connectivity index (χ1) is 10.7. The van der Waals surface area contributed by atoms with Crippen molar-refractivity contribution in [2.45, 2.75) is 31.9 Å². The Balaban J connectivity index is 2.75. The highest BCUT2D eigenvalue weighted by atomic mass is 79.9. The first kappa shape index (κ1) is 20.0. The number of halogens is 1. The number of hydrogen-bond donors (Lipinski definition) is 3. The lowest BCUT2D eigenvalue weighted by atomic mass is 10.1. The molecule has 23 heavy (non-hydrogen) atoms. The fourth-order valence-corrected chi connectivity index (χ4v) is 2.75. The summed E-state index contributed by atoms with van der Waals surface area (Å²) in [7, 11) is 0. The minimum atomic E-state index is -0.994. The zero-order valence-electron chi connectivity index (χ0n) is 13.6. The number of thioether (sulfide) groups is 1. The van der Waals surface area contributed by atoms with Crippen molar-refractivity contribution in [1.82, 2.24) is 10.6 Å². The largest absolute Gasteiger partial charge is 0.389 e. The minimum Gasteiger partial charge on any atom is -0.389 e. The highest BCUT2D eigenvalue weighted by Gasteiger charge is 2.23. The second-order valence-corrected chi connectivity index (χ2v) is 7.66. The van der Waals surface area contributed by atoms with Gasteiger partial charge in [0.15, 0.2) is 0 Å². The molecule has 2 amide bonds. The maximum atomic E-state index is 12.4. The Kier molecular flexibility index (Phi) is 8.08. The maximum absolute atomic E-state index is 12.4. The molecule has 0 bridgehead atoms. The van der Waals surface area contributed by atoms with E-state index in [0.29, 0.717) is 16.5 Å². The van der Waals surface area contributed by atoms with Crippen LogP contribution in [0.5, 0.6) is 0 Å². The molecule has 0 spiro atoms. The Hall–Kier alpha value is -1.05. The molecule has 0 saturated heterocycles. The fraction of sp³-hybridized carbons (Fsp3) is 0.500. The van der Waals surface area contributed by atoms with Crippen LogP contribution in [0, 0.1) is 0 Å². The van der Waals surface area contributed by atoms with E-state index < -0.39 is 11.6 Å². The summed E-state index contributed by atoms with van der Waals surface area (Å²) in [6, 6.07) is 6.43. The molecule has 5 nitrogen and oxygen atoms in total. The maximum Gasteiger partial charge on any atom is 0.253 e. The number of hydrogen-bond acceptors (Lipinski definition) is 4. The molecule has 1 atom stereocenters. The van der Waals surface area contributed by atoms with E-state index in [4.69, 9.17) is 0 Å². The summed E-state index contributed by atoms with van der Waals surface area (Å²) in [6.45, 7) is 3.36. The Morgan fingerprint density at radius 2 is 2.00 bits per heavy atom. The van der Waals surface area contributed by atoms with E-state index in [2.05, 4.69) is 26.6 Å². The zero-order valence-corrected chi connectivity index (χ0v) is 16.0. The van der Waals surface area contributed by atoms with Crippen LogP contribution in [0.25, 0.3) is 0 Å². The molecule has 0 aliphatic rings. The molecule has 128 valence electrons. The van der Waals surface area contributed by atoms with Gasteiger partial charge in [0.25, 0.3) is 5.91 Å². The number of carbonyl (C=O) groups is 2. The van der Waals surface area contributed by atoms with Crippen LogP contribution in [0.3, 0.4) is 0 Å². The van der Waals surface area contributed by atoms with E-state index in [1.807, 2.05) is 12.3 Å². The summed E-state index contributed by atoms with van der Waals surface area (Å²) in [5.41, 5.74) is -0.511. The van der Waals surface area contributed by atoms with Gasteiger partial charge in [-0.25, -0.2) is 0 Å². The smallest absolute Gasteiger partial charge is 0.253 e. The SMILES string of the molecule is CSCC[C@H](NC(=O)c1ccccc1Br)C(=O)NCC(C)(C)O. The van der Waals surface area contributed by atoms with E-state index in [1.165, 1.54) is 0 Å². The number of amides is 2. The third-order valence-electron chi connectivity index (χ3n) is 3.05. The zero-order chi connectivity index (χ0) is 17.5. The lowest BCUT2D eigenvalue weighted by Gasteiger charge is -2.22. The number of benzene rings is 1. The Bertz CT molecular complexity index is 546. The van der Waals surface area contributed by atoms with Gasteiger partial charge in [-0.2, -0.15) is 11.8 Å². The van der Waals surface area contributed by atoms with Crippen molar-refractivity contribution in [3.05, 3.63) is 34.3 Å². The molecule has 0 aromatic heterocycles. The quantitative estimate of drug-likeness (QED) is 0.622. The molecule has 1 aromatic carbocycles. The molecule has 0 heterocycles. The third-order valence-corrected chi connectivity index (χ3v) is 4.38. The van der Waals surface area contributed by atoms with Gasteiger partial charge in [-0.1, -0.05) is 12.1 Å². The van der Waals surface area contributed by atoms with Gasteiger partial charge in [0.1, 0.15) is 6.04 Å². The van der Waals surface area contributed by atoms with Crippen molar-refractivity contribution in [3.63, 3.8) is 0 Å². The van der Waals surface area contributed by atoms with Crippen molar-refractivity contribution in [1.29, 1.82) is 0 Å². The van der Waals surface area contributed by atoms with E-state index >= 15 is 0 Å². The van der Waals surface area contributed by atoms with Gasteiger partial charge < -0.3 is 15.7 Å². The second kappa shape index (κ2) is 9.30. The van der Waals surface area contributed by atoms with E-state index in [0.717, 1.165) is 5.75 Å². The first-order valence-corrected chi connectivity index (χ1v) is 9.47. The summed E-state index contributed by atoms with van der Waals surface area (Å²) < 4.78 is 0.679. The van der Waals surface area contributed by atoms with Gasteiger partial charge in [0, 0.05) is 11.0 Å². The fourth-order valence-electron chi connectivity index (χ4n) is 1.81. The molecule has 0 aliphatic carbocycles. The summed E-state index contributed by atoms with van der Waals surface area (Å²) >= 11 is 4.94. The van der Waals surface area contributed by atoms with Crippen LogP contribution in [0.4, 0.5) is 0 Å². The topological polar surface area (TPSA) is 78.4 Å². The van der Waals surface area contributed by atoms with E-state index in [9.17, 15) is 14.7 Å². The van der Waals surface area contributed by atoms with Gasteiger partial charge in [-0.15, -0.1) is 0 Å². The lowest BCUT2D eigenvalue weighted by molar-refractivity contribution is -0.124. The summed E-state index contributed by atoms with van der Waals surface area (Å²) in [6.07, 6.45) is 2.47. The molecule has 0 saturated carbocycles. The van der Waals surface area contributed by atoms with Crippen molar-refractivity contribution < 1.29 is 14.7 Å². The summed E-state index contributed by atoms with van der Waals surface area (Å²) in [5, 5.41) is 15.2. The van der Waals surface area contributed by atoms with Crippen LogP contribution in [-0.4, -0.2) is 47.1 Å². The third kappa shape index (κ3) is 7.37. The predicted octanol–water partition coefficient (Wildman–Crippen LogP) is 2.19. The van der Waals surface area contributed by atoms with Gasteiger partial charge in [0.2, 0.25) is 5.91 Å². The normalized spacial score (nSPS) is 12.6. The highest BCUT2D eigenvalue weighted by molar-refractivity contribution is 9.10. The first-order valence-electron chi connectivity index (χ1n) is 7.29. The van der Waals surface area contributed by atoms with Crippen LogP contribution in [-0.2, 0) is 4.79 Å². The van der Waals surface area contributed by atoms with Crippen molar-refractivity contribution in [3.8, 4) is 0 Å². The van der Waals surface area contributed by atoms with Gasteiger partial charge in [-0.3, -0.25) is 9.59 Å². The van der Waals surface area contributed by atoms with E-state index in [1.54, 1.807) is 43.8 Å². The molecular weight excluding hydrogens is 380 g/mol. The summed E-state index contributed by atoms with van der Waals surface area (Å²) in [4.78, 5) is 24.7. The molecule has 7 heteroatoms. The van der Waals surface area contributed by atoms with Gasteiger partial charge in [0.05, 0.1) is 11.2 Å². The minimum absolute atomic E-state index is 0.131. The highest BCUT2D eigenvalue weighted by Crippen LogP contribution is 2.16. The number of aliphatic hydroxyl groups is 1. The molecule has 1 aromatic rings. The average Bonchev–Trinajstić information content (AvgIpc) is 2.48. The van der Waals surface area contributed by atoms with Crippen LogP contribution >= 0.6 is 27.7 Å². The lowest BCUT2D eigenvalue weighted by Crippen LogP contribution is -2.50. The monoisotopic (exact) mass is 402 g/mol. The average molecular weight is 403 g/mol. The van der Waals surface area contributed by atoms with Crippen LogP contribution in [0.2, 0.25) is 0 Å². The Morgan fingerprint density at radius 1 is 1.35 bits per heavy atom. The number of carbonyl (C=O) groups excluding carboxylic acids is 2. The Labute approximate surface area is 149 Å². The van der Waals surface area contributed by atoms with Gasteiger partial charge >= 0.3 is 0 Å². The van der Waals surface area contributed by atoms with Crippen molar-refractivity contribution >= 4 is 39.5 Å². The second-order valence-electron chi connectivity index (χ2n) is 5.82. The molecule has 0 fully saturated rings. The van der Waals surface area contributed by atoms with Crippen molar-refractivity contribution in [2.24, 2.45) is 0 Å². The van der Waals surface area contributed by atoms with Crippen LogP contribution in [0.1, 0.15) is 30.6 Å². The molecule has 1 rings (SSSR count).